The largest absolute Gasteiger partial charge is 0.496 e. The van der Waals surface area contributed by atoms with Crippen LogP contribution in [-0.2, 0) is 0 Å². The Morgan fingerprint density at radius 3 is 2.58 bits per heavy atom. The van der Waals surface area contributed by atoms with Gasteiger partial charge in [0.25, 0.3) is 5.91 Å². The topological polar surface area (TPSA) is 64.1 Å². The number of methoxy groups -OCH3 is 1. The molecule has 1 N–H and O–H groups in total. The number of hydrogen-bond donors (Lipinski definition) is 1. The first kappa shape index (κ1) is 16.1. The number of ether oxygens (including phenoxy) is 1. The summed E-state index contributed by atoms with van der Waals surface area (Å²) in [7, 11) is 1.66. The van der Waals surface area contributed by atoms with Gasteiger partial charge in [-0.3, -0.25) is 15.1 Å². The van der Waals surface area contributed by atoms with Gasteiger partial charge in [-0.2, -0.15) is 0 Å². The lowest BCUT2D eigenvalue weighted by atomic mass is 10.1. The molecule has 2 heterocycles. The molecule has 2 aromatic heterocycles. The van der Waals surface area contributed by atoms with E-state index < -0.39 is 0 Å². The van der Waals surface area contributed by atoms with Crippen LogP contribution in [0.5, 0.6) is 5.75 Å². The third-order valence-corrected chi connectivity index (χ3v) is 4.51. The van der Waals surface area contributed by atoms with Crippen molar-refractivity contribution in [3.8, 4) is 17.0 Å². The van der Waals surface area contributed by atoms with E-state index in [-0.39, 0.29) is 5.91 Å². The summed E-state index contributed by atoms with van der Waals surface area (Å²) in [6, 6.07) is 9.28. The van der Waals surface area contributed by atoms with Crippen LogP contribution in [0.15, 0.2) is 42.7 Å². The Kier molecular flexibility index (Phi) is 4.57. The lowest BCUT2D eigenvalue weighted by Gasteiger charge is -2.06. The number of carbonyl (C=O) groups is 1. The Hall–Kier alpha value is -2.73. The number of thiazole rings is 1. The second-order valence-corrected chi connectivity index (χ2v) is 6.50. The fourth-order valence-electron chi connectivity index (χ4n) is 2.42. The molecule has 0 bridgehead atoms. The summed E-state index contributed by atoms with van der Waals surface area (Å²) < 4.78 is 5.29. The van der Waals surface area contributed by atoms with E-state index in [1.807, 2.05) is 32.0 Å². The highest BCUT2D eigenvalue weighted by molar-refractivity contribution is 7.16. The van der Waals surface area contributed by atoms with Crippen LogP contribution in [0, 0.1) is 13.8 Å². The normalized spacial score (nSPS) is 10.5. The average molecular weight is 339 g/mol. The molecular formula is C18H17N3O2S. The lowest BCUT2D eigenvalue weighted by Crippen LogP contribution is -2.11. The van der Waals surface area contributed by atoms with Gasteiger partial charge in [0.1, 0.15) is 5.75 Å². The number of hydrogen-bond acceptors (Lipinski definition) is 5. The van der Waals surface area contributed by atoms with Crippen LogP contribution in [0.3, 0.4) is 0 Å². The van der Waals surface area contributed by atoms with E-state index in [1.54, 1.807) is 31.6 Å². The molecule has 0 saturated carbocycles. The van der Waals surface area contributed by atoms with E-state index in [1.165, 1.54) is 11.3 Å². The number of nitrogens with zero attached hydrogens (tertiary/aromatic N) is 2. The summed E-state index contributed by atoms with van der Waals surface area (Å²) in [5.74, 6) is 0.654. The van der Waals surface area contributed by atoms with Crippen molar-refractivity contribution < 1.29 is 9.53 Å². The van der Waals surface area contributed by atoms with Gasteiger partial charge < -0.3 is 4.74 Å². The average Bonchev–Trinajstić information content (AvgIpc) is 2.96. The first-order valence-corrected chi connectivity index (χ1v) is 8.24. The highest BCUT2D eigenvalue weighted by Crippen LogP contribution is 2.32. The second kappa shape index (κ2) is 6.80. The minimum absolute atomic E-state index is 0.191. The Balaban J connectivity index is 1.85. The number of aryl methyl sites for hydroxylation is 2. The fraction of sp³-hybridized carbons (Fsp3) is 0.167. The van der Waals surface area contributed by atoms with E-state index in [0.717, 1.165) is 27.4 Å². The number of rotatable bonds is 4. The van der Waals surface area contributed by atoms with Gasteiger partial charge in [0.2, 0.25) is 0 Å². The van der Waals surface area contributed by atoms with Crippen molar-refractivity contribution in [2.75, 3.05) is 12.4 Å². The molecule has 3 rings (SSSR count). The molecule has 0 radical (unpaired) electrons. The summed E-state index contributed by atoms with van der Waals surface area (Å²) in [5.41, 5.74) is 3.48. The van der Waals surface area contributed by atoms with Gasteiger partial charge in [-0.05, 0) is 49.7 Å². The predicted molar refractivity (Wildman–Crippen MR) is 95.8 cm³/mol. The van der Waals surface area contributed by atoms with Crippen LogP contribution in [0.1, 0.15) is 20.8 Å². The standard InChI is InChI=1S/C18H17N3O2S/c1-11-10-14(4-5-15(11)23-3)16-12(2)24-18(20-16)21-17(22)13-6-8-19-9-7-13/h4-10H,1-3H3,(H,20,21,22). The zero-order valence-electron chi connectivity index (χ0n) is 13.7. The Morgan fingerprint density at radius 2 is 1.92 bits per heavy atom. The van der Waals surface area contributed by atoms with Gasteiger partial charge >= 0.3 is 0 Å². The van der Waals surface area contributed by atoms with Crippen LogP contribution in [0.4, 0.5) is 5.13 Å². The van der Waals surface area contributed by atoms with Gasteiger partial charge in [-0.25, -0.2) is 4.98 Å². The molecule has 0 aliphatic heterocycles. The maximum atomic E-state index is 12.2. The second-order valence-electron chi connectivity index (χ2n) is 5.30. The first-order valence-electron chi connectivity index (χ1n) is 7.42. The van der Waals surface area contributed by atoms with Crippen molar-refractivity contribution in [1.29, 1.82) is 0 Å². The number of amides is 1. The van der Waals surface area contributed by atoms with Gasteiger partial charge in [0.15, 0.2) is 5.13 Å². The summed E-state index contributed by atoms with van der Waals surface area (Å²) >= 11 is 1.46. The molecule has 0 saturated heterocycles. The first-order chi connectivity index (χ1) is 11.6. The molecule has 0 fully saturated rings. The zero-order chi connectivity index (χ0) is 17.1. The Bertz CT molecular complexity index is 875. The van der Waals surface area contributed by atoms with Crippen LogP contribution in [0.2, 0.25) is 0 Å². The van der Waals surface area contributed by atoms with Gasteiger partial charge in [-0.1, -0.05) is 0 Å². The SMILES string of the molecule is COc1ccc(-c2nc(NC(=O)c3ccncc3)sc2C)cc1C. The Morgan fingerprint density at radius 1 is 1.17 bits per heavy atom. The predicted octanol–water partition coefficient (Wildman–Crippen LogP) is 4.08. The van der Waals surface area contributed by atoms with Crippen LogP contribution in [-0.4, -0.2) is 23.0 Å². The van der Waals surface area contributed by atoms with Crippen molar-refractivity contribution in [3.63, 3.8) is 0 Å². The molecule has 1 aromatic carbocycles. The van der Waals surface area contributed by atoms with E-state index in [4.69, 9.17) is 4.74 Å². The third-order valence-electron chi connectivity index (χ3n) is 3.63. The van der Waals surface area contributed by atoms with Crippen LogP contribution >= 0.6 is 11.3 Å². The van der Waals surface area contributed by atoms with Gasteiger partial charge in [-0.15, -0.1) is 11.3 Å². The van der Waals surface area contributed by atoms with Crippen molar-refractivity contribution in [2.24, 2.45) is 0 Å². The summed E-state index contributed by atoms with van der Waals surface area (Å²) in [4.78, 5) is 21.7. The van der Waals surface area contributed by atoms with Gasteiger partial charge in [0.05, 0.1) is 12.8 Å². The van der Waals surface area contributed by atoms with Crippen LogP contribution in [0.25, 0.3) is 11.3 Å². The van der Waals surface area contributed by atoms with Crippen molar-refractivity contribution >= 4 is 22.4 Å². The van der Waals surface area contributed by atoms with E-state index in [9.17, 15) is 4.79 Å². The third kappa shape index (κ3) is 3.28. The highest BCUT2D eigenvalue weighted by atomic mass is 32.1. The number of nitrogens with one attached hydrogen (secondary N) is 1. The molecule has 0 unspecified atom stereocenters. The Labute approximate surface area is 144 Å². The van der Waals surface area contributed by atoms with E-state index in [2.05, 4.69) is 15.3 Å². The number of aromatic nitrogens is 2. The molecule has 0 aliphatic carbocycles. The van der Waals surface area contributed by atoms with Crippen molar-refractivity contribution in [3.05, 3.63) is 58.7 Å². The number of carbonyl (C=O) groups excluding carboxylic acids is 1. The lowest BCUT2D eigenvalue weighted by molar-refractivity contribution is 0.102. The molecule has 24 heavy (non-hydrogen) atoms. The van der Waals surface area contributed by atoms with Crippen molar-refractivity contribution in [2.45, 2.75) is 13.8 Å². The quantitative estimate of drug-likeness (QED) is 0.778. The fourth-order valence-corrected chi connectivity index (χ4v) is 3.25. The number of benzene rings is 1. The molecule has 122 valence electrons. The maximum absolute atomic E-state index is 12.2. The molecule has 0 aliphatic rings. The van der Waals surface area contributed by atoms with E-state index in [0.29, 0.717) is 10.7 Å². The molecule has 1 amide bonds. The molecule has 5 nitrogen and oxygen atoms in total. The molecule has 0 spiro atoms. The van der Waals surface area contributed by atoms with Gasteiger partial charge in [0, 0.05) is 28.4 Å². The molecule has 6 heteroatoms. The summed E-state index contributed by atoms with van der Waals surface area (Å²) in [5, 5.41) is 3.42. The molecule has 0 atom stereocenters. The van der Waals surface area contributed by atoms with Crippen LogP contribution < -0.4 is 10.1 Å². The number of anilines is 1. The monoisotopic (exact) mass is 339 g/mol. The van der Waals surface area contributed by atoms with Crippen molar-refractivity contribution in [1.82, 2.24) is 9.97 Å². The minimum atomic E-state index is -0.191. The summed E-state index contributed by atoms with van der Waals surface area (Å²) in [6.07, 6.45) is 3.18. The maximum Gasteiger partial charge on any atom is 0.257 e. The highest BCUT2D eigenvalue weighted by Gasteiger charge is 2.14. The molecular weight excluding hydrogens is 322 g/mol. The minimum Gasteiger partial charge on any atom is -0.496 e. The smallest absolute Gasteiger partial charge is 0.257 e. The zero-order valence-corrected chi connectivity index (χ0v) is 14.5. The number of pyridine rings is 1. The summed E-state index contributed by atoms with van der Waals surface area (Å²) in [6.45, 7) is 3.99. The van der Waals surface area contributed by atoms with E-state index >= 15 is 0 Å². The molecule has 3 aromatic rings.